The van der Waals surface area contributed by atoms with Gasteiger partial charge in [0.15, 0.2) is 0 Å². The molecule has 2 aromatic carbocycles. The number of nitrogens with two attached hydrogens (primary N) is 1. The Morgan fingerprint density at radius 2 is 2.06 bits per heavy atom. The molecule has 0 radical (unpaired) electrons. The van der Waals surface area contributed by atoms with Crippen molar-refractivity contribution in [1.29, 1.82) is 0 Å². The molecule has 2 amide bonds. The second-order valence-corrected chi connectivity index (χ2v) is 9.48. The maximum atomic E-state index is 12.9. The van der Waals surface area contributed by atoms with Crippen LogP contribution in [0.1, 0.15) is 59.8 Å². The van der Waals surface area contributed by atoms with Gasteiger partial charge < -0.3 is 31.1 Å². The standard InChI is InChI=1S/C27H34N4O4/c1-16(2)35-25-10-7-18(13-23(25)28)27(34)30-17(3)20-5-4-6-22-21(20)8-9-24(22)29-14-26(33)31-12-11-19(32)15-31/h4-7,10,13,16,19,24,29,32H,3,8-9,11-12,14-15,28H2,1-2H3,(H,30,34)/t19-,24-/m0/s1. The molecule has 4 rings (SSSR count). The molecular formula is C27H34N4O4. The summed E-state index contributed by atoms with van der Waals surface area (Å²) in [5, 5.41) is 15.9. The zero-order chi connectivity index (χ0) is 25.1. The first kappa shape index (κ1) is 24.8. The number of aliphatic hydroxyl groups excluding tert-OH is 1. The van der Waals surface area contributed by atoms with Crippen molar-refractivity contribution in [1.82, 2.24) is 15.5 Å². The second-order valence-electron chi connectivity index (χ2n) is 9.48. The Morgan fingerprint density at radius 3 is 2.74 bits per heavy atom. The Bertz CT molecular complexity index is 1130. The minimum Gasteiger partial charge on any atom is -0.489 e. The van der Waals surface area contributed by atoms with E-state index >= 15 is 0 Å². The summed E-state index contributed by atoms with van der Waals surface area (Å²) in [5.74, 6) is 0.266. The van der Waals surface area contributed by atoms with Gasteiger partial charge in [-0.3, -0.25) is 9.59 Å². The maximum Gasteiger partial charge on any atom is 0.255 e. The Labute approximate surface area is 206 Å². The minimum absolute atomic E-state index is 0.00640. The third-order valence-electron chi connectivity index (χ3n) is 6.51. The summed E-state index contributed by atoms with van der Waals surface area (Å²) < 4.78 is 5.64. The lowest BCUT2D eigenvalue weighted by Gasteiger charge is -2.19. The van der Waals surface area contributed by atoms with Crippen LogP contribution in [-0.2, 0) is 11.2 Å². The van der Waals surface area contributed by atoms with Crippen LogP contribution >= 0.6 is 0 Å². The number of fused-ring (bicyclic) bond motifs is 1. The number of hydrogen-bond acceptors (Lipinski definition) is 6. The lowest BCUT2D eigenvalue weighted by atomic mass is 10.00. The molecule has 2 aromatic rings. The Balaban J connectivity index is 1.40. The number of carbonyl (C=O) groups excluding carboxylic acids is 2. The van der Waals surface area contributed by atoms with Crippen molar-refractivity contribution in [2.24, 2.45) is 0 Å². The van der Waals surface area contributed by atoms with E-state index in [2.05, 4.69) is 23.3 Å². The predicted molar refractivity (Wildman–Crippen MR) is 136 cm³/mol. The average molecular weight is 479 g/mol. The summed E-state index contributed by atoms with van der Waals surface area (Å²) in [6, 6.07) is 11.0. The molecule has 2 aliphatic rings. The van der Waals surface area contributed by atoms with Gasteiger partial charge in [0.25, 0.3) is 5.91 Å². The molecule has 0 bridgehead atoms. The van der Waals surface area contributed by atoms with Crippen molar-refractivity contribution in [3.63, 3.8) is 0 Å². The fourth-order valence-corrected chi connectivity index (χ4v) is 4.77. The van der Waals surface area contributed by atoms with E-state index in [9.17, 15) is 14.7 Å². The van der Waals surface area contributed by atoms with Crippen molar-refractivity contribution < 1.29 is 19.4 Å². The fraction of sp³-hybridized carbons (Fsp3) is 0.407. The average Bonchev–Trinajstić information content (AvgIpc) is 3.44. The SMILES string of the molecule is C=C(NC(=O)c1ccc(OC(C)C)c(N)c1)c1cccc2c1CC[C@@H]2NCC(=O)N1CC[C@H](O)C1. The molecular weight excluding hydrogens is 444 g/mol. The molecule has 1 aliphatic carbocycles. The Morgan fingerprint density at radius 1 is 1.26 bits per heavy atom. The largest absolute Gasteiger partial charge is 0.489 e. The number of carbonyl (C=O) groups is 2. The van der Waals surface area contributed by atoms with E-state index in [1.54, 1.807) is 23.1 Å². The zero-order valence-electron chi connectivity index (χ0n) is 20.3. The number of β-amino-alcohol motifs (C(OH)–C–C–N with tert-alkyl or cyclic N) is 1. The van der Waals surface area contributed by atoms with Gasteiger partial charge in [-0.1, -0.05) is 24.8 Å². The number of benzene rings is 2. The molecule has 1 fully saturated rings. The highest BCUT2D eigenvalue weighted by atomic mass is 16.5. The van der Waals surface area contributed by atoms with Gasteiger partial charge in [0.1, 0.15) is 5.75 Å². The van der Waals surface area contributed by atoms with Crippen molar-refractivity contribution in [3.05, 3.63) is 65.2 Å². The summed E-state index contributed by atoms with van der Waals surface area (Å²) in [7, 11) is 0. The number of rotatable bonds is 8. The second kappa shape index (κ2) is 10.5. The van der Waals surface area contributed by atoms with Gasteiger partial charge in [-0.05, 0) is 62.4 Å². The van der Waals surface area contributed by atoms with E-state index in [0.29, 0.717) is 42.2 Å². The van der Waals surface area contributed by atoms with Crippen molar-refractivity contribution >= 4 is 23.2 Å². The van der Waals surface area contributed by atoms with E-state index in [4.69, 9.17) is 10.5 Å². The van der Waals surface area contributed by atoms with E-state index in [1.807, 2.05) is 26.0 Å². The van der Waals surface area contributed by atoms with Crippen molar-refractivity contribution in [2.75, 3.05) is 25.4 Å². The maximum absolute atomic E-state index is 12.9. The molecule has 1 heterocycles. The molecule has 0 spiro atoms. The van der Waals surface area contributed by atoms with E-state index in [0.717, 1.165) is 29.5 Å². The van der Waals surface area contributed by atoms with Crippen LogP contribution in [0, 0.1) is 0 Å². The van der Waals surface area contributed by atoms with Crippen LogP contribution in [0.15, 0.2) is 43.0 Å². The topological polar surface area (TPSA) is 117 Å². The number of amides is 2. The minimum atomic E-state index is -0.419. The van der Waals surface area contributed by atoms with Gasteiger partial charge in [-0.15, -0.1) is 0 Å². The van der Waals surface area contributed by atoms with Crippen LogP contribution in [0.4, 0.5) is 5.69 Å². The van der Waals surface area contributed by atoms with Crippen molar-refractivity contribution in [2.45, 2.75) is 51.4 Å². The summed E-state index contributed by atoms with van der Waals surface area (Å²) in [6.45, 7) is 9.19. The molecule has 1 aliphatic heterocycles. The van der Waals surface area contributed by atoms with Gasteiger partial charge in [0.05, 0.1) is 24.4 Å². The van der Waals surface area contributed by atoms with Crippen LogP contribution in [0.3, 0.4) is 0 Å². The van der Waals surface area contributed by atoms with E-state index in [1.165, 1.54) is 0 Å². The molecule has 0 unspecified atom stereocenters. The molecule has 186 valence electrons. The normalized spacial score (nSPS) is 19.0. The van der Waals surface area contributed by atoms with Crippen LogP contribution in [0.5, 0.6) is 5.75 Å². The first-order chi connectivity index (χ1) is 16.7. The van der Waals surface area contributed by atoms with Crippen molar-refractivity contribution in [3.8, 4) is 5.75 Å². The number of aliphatic hydroxyl groups is 1. The quantitative estimate of drug-likeness (QED) is 0.434. The lowest BCUT2D eigenvalue weighted by Crippen LogP contribution is -2.38. The number of nitrogens with zero attached hydrogens (tertiary/aromatic N) is 1. The highest BCUT2D eigenvalue weighted by Crippen LogP contribution is 2.35. The Kier molecular flexibility index (Phi) is 7.42. The molecule has 5 N–H and O–H groups in total. The van der Waals surface area contributed by atoms with E-state index in [-0.39, 0.29) is 30.5 Å². The van der Waals surface area contributed by atoms with Gasteiger partial charge in [0, 0.05) is 36.0 Å². The molecule has 8 heteroatoms. The third-order valence-corrected chi connectivity index (χ3v) is 6.51. The molecule has 2 atom stereocenters. The summed E-state index contributed by atoms with van der Waals surface area (Å²) >= 11 is 0. The van der Waals surface area contributed by atoms with Gasteiger partial charge in [0.2, 0.25) is 5.91 Å². The van der Waals surface area contributed by atoms with Crippen LogP contribution < -0.4 is 21.1 Å². The summed E-state index contributed by atoms with van der Waals surface area (Å²) in [6.07, 6.45) is 1.89. The monoisotopic (exact) mass is 478 g/mol. The third kappa shape index (κ3) is 5.66. The first-order valence-corrected chi connectivity index (χ1v) is 12.1. The number of likely N-dealkylation sites (tertiary alicyclic amines) is 1. The predicted octanol–water partition coefficient (Wildman–Crippen LogP) is 2.63. The highest BCUT2D eigenvalue weighted by Gasteiger charge is 2.28. The molecule has 0 aromatic heterocycles. The van der Waals surface area contributed by atoms with E-state index < -0.39 is 6.10 Å². The zero-order valence-corrected chi connectivity index (χ0v) is 20.3. The van der Waals surface area contributed by atoms with Crippen LogP contribution in [0.2, 0.25) is 0 Å². The molecule has 35 heavy (non-hydrogen) atoms. The first-order valence-electron chi connectivity index (χ1n) is 12.1. The number of anilines is 1. The fourth-order valence-electron chi connectivity index (χ4n) is 4.77. The number of nitrogen functional groups attached to an aromatic ring is 1. The number of ether oxygens (including phenoxy) is 1. The number of hydrogen-bond donors (Lipinski definition) is 4. The molecule has 1 saturated heterocycles. The van der Waals surface area contributed by atoms with Crippen LogP contribution in [0.25, 0.3) is 5.70 Å². The number of nitrogens with one attached hydrogen (secondary N) is 2. The van der Waals surface area contributed by atoms with Gasteiger partial charge in [-0.25, -0.2) is 0 Å². The Hall–Kier alpha value is -3.36. The lowest BCUT2D eigenvalue weighted by molar-refractivity contribution is -0.129. The molecule has 8 nitrogen and oxygen atoms in total. The highest BCUT2D eigenvalue weighted by molar-refractivity contribution is 6.00. The van der Waals surface area contributed by atoms with Gasteiger partial charge in [-0.2, -0.15) is 0 Å². The molecule has 0 saturated carbocycles. The van der Waals surface area contributed by atoms with Gasteiger partial charge >= 0.3 is 0 Å². The van der Waals surface area contributed by atoms with Crippen LogP contribution in [-0.4, -0.2) is 53.7 Å². The summed E-state index contributed by atoms with van der Waals surface area (Å²) in [4.78, 5) is 27.0. The summed E-state index contributed by atoms with van der Waals surface area (Å²) in [5.41, 5.74) is 10.6. The smallest absolute Gasteiger partial charge is 0.255 e.